The lowest BCUT2D eigenvalue weighted by molar-refractivity contribution is 0.112. The molecule has 0 atom stereocenters. The molecule has 0 radical (unpaired) electrons. The Hall–Kier alpha value is -2.29. The Balaban J connectivity index is 2.03. The molecule has 0 bridgehead atoms. The van der Waals surface area contributed by atoms with Gasteiger partial charge >= 0.3 is 0 Å². The first kappa shape index (κ1) is 16.1. The number of carbonyl (C=O) groups is 1. The maximum Gasteiger partial charge on any atom is 0.162 e. The van der Waals surface area contributed by atoms with E-state index < -0.39 is 0 Å². The molecule has 2 rings (SSSR count). The number of hydrogen-bond acceptors (Lipinski definition) is 3. The Morgan fingerprint density at radius 2 is 1.77 bits per heavy atom. The second-order valence-corrected chi connectivity index (χ2v) is 5.15. The average Bonchev–Trinajstić information content (AvgIpc) is 2.58. The van der Waals surface area contributed by atoms with Crippen molar-refractivity contribution in [3.05, 3.63) is 59.7 Å². The summed E-state index contributed by atoms with van der Waals surface area (Å²) in [5.74, 6) is 1.31. The van der Waals surface area contributed by atoms with E-state index in [0.717, 1.165) is 31.1 Å². The molecule has 0 N–H and O–H groups in total. The van der Waals surface area contributed by atoms with Gasteiger partial charge in [-0.25, -0.2) is 0 Å². The minimum absolute atomic E-state index is 0.453. The van der Waals surface area contributed by atoms with Crippen molar-refractivity contribution in [3.8, 4) is 11.5 Å². The SMILES string of the molecule is CCCCCOc1ccc(C=O)cc1OCc1ccccc1. The van der Waals surface area contributed by atoms with Gasteiger partial charge in [-0.1, -0.05) is 50.1 Å². The first-order valence-corrected chi connectivity index (χ1v) is 7.72. The van der Waals surface area contributed by atoms with E-state index in [9.17, 15) is 4.79 Å². The Bertz CT molecular complexity index is 578. The molecule has 0 saturated carbocycles. The molecule has 2 aromatic rings. The average molecular weight is 298 g/mol. The highest BCUT2D eigenvalue weighted by atomic mass is 16.5. The maximum absolute atomic E-state index is 10.9. The third kappa shape index (κ3) is 4.92. The molecule has 3 nitrogen and oxygen atoms in total. The van der Waals surface area contributed by atoms with Gasteiger partial charge in [0.05, 0.1) is 6.61 Å². The van der Waals surface area contributed by atoms with Crippen LogP contribution in [0, 0.1) is 0 Å². The van der Waals surface area contributed by atoms with Crippen molar-refractivity contribution >= 4 is 6.29 Å². The molecular weight excluding hydrogens is 276 g/mol. The van der Waals surface area contributed by atoms with E-state index in [0.29, 0.717) is 30.3 Å². The molecule has 0 amide bonds. The highest BCUT2D eigenvalue weighted by molar-refractivity contribution is 5.76. The zero-order chi connectivity index (χ0) is 15.6. The number of hydrogen-bond donors (Lipinski definition) is 0. The molecule has 0 spiro atoms. The van der Waals surface area contributed by atoms with E-state index in [1.165, 1.54) is 0 Å². The predicted octanol–water partition coefficient (Wildman–Crippen LogP) is 4.65. The van der Waals surface area contributed by atoms with Gasteiger partial charge in [0.25, 0.3) is 0 Å². The van der Waals surface area contributed by atoms with Crippen LogP contribution in [0.25, 0.3) is 0 Å². The largest absolute Gasteiger partial charge is 0.490 e. The van der Waals surface area contributed by atoms with Crippen molar-refractivity contribution in [1.82, 2.24) is 0 Å². The van der Waals surface area contributed by atoms with Crippen molar-refractivity contribution in [3.63, 3.8) is 0 Å². The highest BCUT2D eigenvalue weighted by Crippen LogP contribution is 2.29. The van der Waals surface area contributed by atoms with Crippen LogP contribution in [0.1, 0.15) is 42.1 Å². The summed E-state index contributed by atoms with van der Waals surface area (Å²) in [4.78, 5) is 10.9. The molecule has 2 aromatic carbocycles. The molecule has 0 fully saturated rings. The first-order chi connectivity index (χ1) is 10.8. The molecule has 0 aliphatic heterocycles. The van der Waals surface area contributed by atoms with Crippen molar-refractivity contribution in [1.29, 1.82) is 0 Å². The summed E-state index contributed by atoms with van der Waals surface area (Å²) in [6, 6.07) is 15.2. The van der Waals surface area contributed by atoms with Crippen molar-refractivity contribution in [2.24, 2.45) is 0 Å². The summed E-state index contributed by atoms with van der Waals surface area (Å²) in [6.45, 7) is 3.28. The van der Waals surface area contributed by atoms with Crippen LogP contribution in [0.2, 0.25) is 0 Å². The Labute approximate surface area is 131 Å². The second-order valence-electron chi connectivity index (χ2n) is 5.15. The van der Waals surface area contributed by atoms with Gasteiger partial charge in [-0.2, -0.15) is 0 Å². The monoisotopic (exact) mass is 298 g/mol. The van der Waals surface area contributed by atoms with Crippen LogP contribution in [0.5, 0.6) is 11.5 Å². The van der Waals surface area contributed by atoms with Crippen LogP contribution >= 0.6 is 0 Å². The number of ether oxygens (including phenoxy) is 2. The van der Waals surface area contributed by atoms with Crippen LogP contribution in [0.3, 0.4) is 0 Å². The van der Waals surface area contributed by atoms with E-state index >= 15 is 0 Å². The van der Waals surface area contributed by atoms with Crippen LogP contribution in [0.4, 0.5) is 0 Å². The van der Waals surface area contributed by atoms with E-state index in [1.807, 2.05) is 30.3 Å². The standard InChI is InChI=1S/C19H22O3/c1-2-3-7-12-21-18-11-10-17(14-20)13-19(18)22-15-16-8-5-4-6-9-16/h4-6,8-11,13-14H,2-3,7,12,15H2,1H3. The molecule has 22 heavy (non-hydrogen) atoms. The summed E-state index contributed by atoms with van der Waals surface area (Å²) in [6.07, 6.45) is 4.14. The van der Waals surface area contributed by atoms with Crippen LogP contribution in [-0.4, -0.2) is 12.9 Å². The molecule has 0 aliphatic rings. The minimum atomic E-state index is 0.453. The molecule has 0 unspecified atom stereocenters. The van der Waals surface area contributed by atoms with Gasteiger partial charge in [0.15, 0.2) is 11.5 Å². The van der Waals surface area contributed by atoms with Gasteiger partial charge in [0.2, 0.25) is 0 Å². The molecule has 0 aliphatic carbocycles. The first-order valence-electron chi connectivity index (χ1n) is 7.72. The van der Waals surface area contributed by atoms with E-state index in [1.54, 1.807) is 18.2 Å². The quantitative estimate of drug-likeness (QED) is 0.499. The van der Waals surface area contributed by atoms with Gasteiger partial charge in [-0.3, -0.25) is 4.79 Å². The van der Waals surface area contributed by atoms with Gasteiger partial charge < -0.3 is 9.47 Å². The number of benzene rings is 2. The lowest BCUT2D eigenvalue weighted by Gasteiger charge is -2.13. The van der Waals surface area contributed by atoms with Gasteiger partial charge in [0.1, 0.15) is 12.9 Å². The summed E-state index contributed by atoms with van der Waals surface area (Å²) in [7, 11) is 0. The van der Waals surface area contributed by atoms with E-state index in [-0.39, 0.29) is 0 Å². The molecule has 0 heterocycles. The van der Waals surface area contributed by atoms with Crippen LogP contribution < -0.4 is 9.47 Å². The van der Waals surface area contributed by atoms with Crippen LogP contribution in [-0.2, 0) is 6.61 Å². The van der Waals surface area contributed by atoms with Crippen LogP contribution in [0.15, 0.2) is 48.5 Å². The lowest BCUT2D eigenvalue weighted by atomic mass is 10.2. The fraction of sp³-hybridized carbons (Fsp3) is 0.316. The lowest BCUT2D eigenvalue weighted by Crippen LogP contribution is -2.02. The van der Waals surface area contributed by atoms with Gasteiger partial charge in [-0.05, 0) is 30.2 Å². The Morgan fingerprint density at radius 3 is 2.50 bits per heavy atom. The fourth-order valence-electron chi connectivity index (χ4n) is 2.10. The molecule has 116 valence electrons. The third-order valence-corrected chi connectivity index (χ3v) is 3.35. The number of rotatable bonds is 9. The van der Waals surface area contributed by atoms with Crippen molar-refractivity contribution in [2.75, 3.05) is 6.61 Å². The third-order valence-electron chi connectivity index (χ3n) is 3.35. The Kier molecular flexibility index (Phi) is 6.49. The predicted molar refractivity (Wildman–Crippen MR) is 87.6 cm³/mol. The number of carbonyl (C=O) groups excluding carboxylic acids is 1. The zero-order valence-corrected chi connectivity index (χ0v) is 13.0. The summed E-state index contributed by atoms with van der Waals surface area (Å²) in [5.41, 5.74) is 1.67. The summed E-state index contributed by atoms with van der Waals surface area (Å²) in [5, 5.41) is 0. The molecule has 3 heteroatoms. The summed E-state index contributed by atoms with van der Waals surface area (Å²) >= 11 is 0. The zero-order valence-electron chi connectivity index (χ0n) is 13.0. The normalized spacial score (nSPS) is 10.2. The van der Waals surface area contributed by atoms with Crippen molar-refractivity contribution < 1.29 is 14.3 Å². The molecular formula is C19H22O3. The van der Waals surface area contributed by atoms with E-state index in [2.05, 4.69) is 6.92 Å². The molecule has 0 saturated heterocycles. The fourth-order valence-corrected chi connectivity index (χ4v) is 2.10. The minimum Gasteiger partial charge on any atom is -0.490 e. The second kappa shape index (κ2) is 8.88. The number of unbranched alkanes of at least 4 members (excludes halogenated alkanes) is 2. The van der Waals surface area contributed by atoms with Crippen molar-refractivity contribution in [2.45, 2.75) is 32.8 Å². The highest BCUT2D eigenvalue weighted by Gasteiger charge is 2.07. The molecule has 0 aromatic heterocycles. The smallest absolute Gasteiger partial charge is 0.162 e. The topological polar surface area (TPSA) is 35.5 Å². The van der Waals surface area contributed by atoms with Gasteiger partial charge in [0, 0.05) is 5.56 Å². The summed E-state index contributed by atoms with van der Waals surface area (Å²) < 4.78 is 11.6. The van der Waals surface area contributed by atoms with E-state index in [4.69, 9.17) is 9.47 Å². The number of aldehydes is 1. The Morgan fingerprint density at radius 1 is 0.955 bits per heavy atom. The van der Waals surface area contributed by atoms with Gasteiger partial charge in [-0.15, -0.1) is 0 Å². The maximum atomic E-state index is 10.9.